The third-order valence-electron chi connectivity index (χ3n) is 11.1. The van der Waals surface area contributed by atoms with Crippen molar-refractivity contribution in [3.63, 3.8) is 0 Å². The molecule has 10 rings (SSSR count). The van der Waals surface area contributed by atoms with Gasteiger partial charge in [-0.1, -0.05) is 129 Å². The maximum Gasteiger partial charge on any atom is 0.0476 e. The highest BCUT2D eigenvalue weighted by Gasteiger charge is 2.35. The fraction of sp³-hybridized carbons (Fsp3) is 0.0588. The summed E-state index contributed by atoms with van der Waals surface area (Å²) < 4.78 is 2.61. The zero-order chi connectivity index (χ0) is 36.2. The Morgan fingerprint density at radius 1 is 0.352 bits per heavy atom. The van der Waals surface area contributed by atoms with Gasteiger partial charge in [-0.2, -0.15) is 0 Å². The van der Waals surface area contributed by atoms with Crippen LogP contribution in [0.25, 0.3) is 42.4 Å². The number of hydrogen-bond donors (Lipinski definition) is 0. The van der Waals surface area contributed by atoms with Gasteiger partial charge in [0.15, 0.2) is 0 Å². The number of para-hydroxylation sites is 2. The summed E-state index contributed by atoms with van der Waals surface area (Å²) in [4.78, 5) is 4.72. The number of nitrogens with zero attached hydrogens (tertiary/aromatic N) is 2. The lowest BCUT2D eigenvalue weighted by Gasteiger charge is -2.28. The Morgan fingerprint density at radius 2 is 0.815 bits per heavy atom. The third kappa shape index (κ3) is 5.39. The predicted octanol–water partition coefficient (Wildman–Crippen LogP) is 15.0. The molecule has 0 saturated carbocycles. The fourth-order valence-electron chi connectivity index (χ4n) is 8.34. The average Bonchev–Trinajstić information content (AvgIpc) is 3.71. The molecule has 0 N–H and O–H groups in total. The molecule has 0 fully saturated rings. The summed E-state index contributed by atoms with van der Waals surface area (Å²) in [6.45, 7) is 4.71. The van der Waals surface area contributed by atoms with Crippen LogP contribution in [0.3, 0.4) is 0 Å². The van der Waals surface area contributed by atoms with Crippen molar-refractivity contribution >= 4 is 65.6 Å². The van der Waals surface area contributed by atoms with Crippen LogP contribution in [-0.2, 0) is 5.41 Å². The van der Waals surface area contributed by atoms with E-state index in [0.717, 1.165) is 34.1 Å². The first-order valence-corrected chi connectivity index (χ1v) is 19.4. The first-order valence-electron chi connectivity index (χ1n) is 18.6. The van der Waals surface area contributed by atoms with Crippen LogP contribution >= 0.6 is 11.3 Å². The number of fused-ring (bicyclic) bond motifs is 6. The SMILES string of the molecule is CC1(C)c2ccccc2-c2ccc(N(c3ccc(-c4ccc(N(c5ccccc5)c5ccccc5)cc4)cc3)c3ccc4c(c3)sc3ccccc34)cc21. The molecular weight excluding hydrogens is 673 g/mol. The van der Waals surface area contributed by atoms with E-state index in [1.54, 1.807) is 0 Å². The smallest absolute Gasteiger partial charge is 0.0476 e. The van der Waals surface area contributed by atoms with Crippen LogP contribution in [-0.4, -0.2) is 0 Å². The van der Waals surface area contributed by atoms with Gasteiger partial charge in [0, 0.05) is 59.7 Å². The van der Waals surface area contributed by atoms with Crippen molar-refractivity contribution in [2.24, 2.45) is 0 Å². The van der Waals surface area contributed by atoms with Gasteiger partial charge in [0.25, 0.3) is 0 Å². The van der Waals surface area contributed by atoms with Gasteiger partial charge in [-0.05, 0) is 112 Å². The molecule has 1 aromatic heterocycles. The van der Waals surface area contributed by atoms with Crippen LogP contribution in [0.5, 0.6) is 0 Å². The molecule has 1 aliphatic rings. The van der Waals surface area contributed by atoms with Gasteiger partial charge in [-0.25, -0.2) is 0 Å². The molecule has 0 spiro atoms. The second kappa shape index (κ2) is 12.9. The summed E-state index contributed by atoms with van der Waals surface area (Å²) in [7, 11) is 0. The Kier molecular flexibility index (Phi) is 7.71. The molecule has 0 amide bonds. The molecule has 3 heteroatoms. The summed E-state index contributed by atoms with van der Waals surface area (Å²) >= 11 is 1.86. The summed E-state index contributed by atoms with van der Waals surface area (Å²) in [6.07, 6.45) is 0. The van der Waals surface area contributed by atoms with E-state index in [1.807, 2.05) is 11.3 Å². The average molecular weight is 711 g/mol. The normalized spacial score (nSPS) is 12.8. The largest absolute Gasteiger partial charge is 0.311 e. The summed E-state index contributed by atoms with van der Waals surface area (Å²) in [5.74, 6) is 0. The van der Waals surface area contributed by atoms with E-state index in [9.17, 15) is 0 Å². The van der Waals surface area contributed by atoms with Crippen LogP contribution in [0.2, 0.25) is 0 Å². The van der Waals surface area contributed by atoms with Crippen molar-refractivity contribution in [1.82, 2.24) is 0 Å². The van der Waals surface area contributed by atoms with Gasteiger partial charge in [-0.15, -0.1) is 11.3 Å². The summed E-state index contributed by atoms with van der Waals surface area (Å²) in [6, 6.07) is 70.7. The highest BCUT2D eigenvalue weighted by molar-refractivity contribution is 7.25. The molecule has 54 heavy (non-hydrogen) atoms. The van der Waals surface area contributed by atoms with E-state index in [4.69, 9.17) is 0 Å². The van der Waals surface area contributed by atoms with Gasteiger partial charge in [0.2, 0.25) is 0 Å². The molecule has 1 aliphatic carbocycles. The highest BCUT2D eigenvalue weighted by Crippen LogP contribution is 2.51. The molecule has 2 nitrogen and oxygen atoms in total. The van der Waals surface area contributed by atoms with Gasteiger partial charge < -0.3 is 9.80 Å². The molecule has 0 unspecified atom stereocenters. The molecule has 0 atom stereocenters. The number of benzene rings is 8. The lowest BCUT2D eigenvalue weighted by Crippen LogP contribution is -2.16. The van der Waals surface area contributed by atoms with E-state index in [-0.39, 0.29) is 5.41 Å². The minimum absolute atomic E-state index is 0.0876. The molecule has 258 valence electrons. The van der Waals surface area contributed by atoms with E-state index in [0.29, 0.717) is 0 Å². The molecule has 0 radical (unpaired) electrons. The Balaban J connectivity index is 1.04. The van der Waals surface area contributed by atoms with Gasteiger partial charge >= 0.3 is 0 Å². The van der Waals surface area contributed by atoms with Crippen molar-refractivity contribution in [1.29, 1.82) is 0 Å². The monoisotopic (exact) mass is 710 g/mol. The number of hydrogen-bond acceptors (Lipinski definition) is 3. The maximum atomic E-state index is 2.42. The molecule has 8 aromatic carbocycles. The Morgan fingerprint density at radius 3 is 1.48 bits per heavy atom. The van der Waals surface area contributed by atoms with Crippen LogP contribution in [0, 0.1) is 0 Å². The van der Waals surface area contributed by atoms with Crippen LogP contribution in [0.4, 0.5) is 34.1 Å². The van der Waals surface area contributed by atoms with Crippen LogP contribution < -0.4 is 9.80 Å². The maximum absolute atomic E-state index is 2.42. The van der Waals surface area contributed by atoms with Crippen molar-refractivity contribution in [3.8, 4) is 22.3 Å². The third-order valence-corrected chi connectivity index (χ3v) is 12.2. The van der Waals surface area contributed by atoms with E-state index >= 15 is 0 Å². The first kappa shape index (κ1) is 32.2. The summed E-state index contributed by atoms with van der Waals surface area (Å²) in [5, 5.41) is 2.63. The topological polar surface area (TPSA) is 6.48 Å². The van der Waals surface area contributed by atoms with Gasteiger partial charge in [0.05, 0.1) is 0 Å². The number of rotatable bonds is 7. The lowest BCUT2D eigenvalue weighted by atomic mass is 9.82. The molecule has 9 aromatic rings. The van der Waals surface area contributed by atoms with E-state index < -0.39 is 0 Å². The molecule has 0 saturated heterocycles. The minimum Gasteiger partial charge on any atom is -0.311 e. The number of anilines is 6. The molecular formula is C51H38N2S. The zero-order valence-electron chi connectivity index (χ0n) is 30.3. The van der Waals surface area contributed by atoms with Crippen LogP contribution in [0.15, 0.2) is 194 Å². The van der Waals surface area contributed by atoms with Gasteiger partial charge in [0.1, 0.15) is 0 Å². The van der Waals surface area contributed by atoms with Crippen molar-refractivity contribution in [2.45, 2.75) is 19.3 Å². The van der Waals surface area contributed by atoms with Gasteiger partial charge in [-0.3, -0.25) is 0 Å². The standard InChI is InChI=1S/C51H38N2S/c1-51(2)47-19-11-9-17-43(47)44-31-29-41(33-48(44)51)53(42-30-32-46-45-18-10-12-20-49(45)54-50(46)34-42)40-27-23-36(24-28-40)35-21-25-39(26-22-35)52(37-13-5-3-6-14-37)38-15-7-4-8-16-38/h3-34H,1-2H3. The predicted molar refractivity (Wildman–Crippen MR) is 232 cm³/mol. The minimum atomic E-state index is -0.0876. The fourth-order valence-corrected chi connectivity index (χ4v) is 9.48. The Labute approximate surface area is 320 Å². The van der Waals surface area contributed by atoms with Crippen molar-refractivity contribution in [3.05, 3.63) is 205 Å². The number of thiophene rings is 1. The highest BCUT2D eigenvalue weighted by atomic mass is 32.1. The van der Waals surface area contributed by atoms with E-state index in [2.05, 4.69) is 218 Å². The zero-order valence-corrected chi connectivity index (χ0v) is 31.1. The van der Waals surface area contributed by atoms with Crippen molar-refractivity contribution < 1.29 is 0 Å². The second-order valence-electron chi connectivity index (χ2n) is 14.6. The molecule has 0 bridgehead atoms. The second-order valence-corrected chi connectivity index (χ2v) is 15.7. The summed E-state index contributed by atoms with van der Waals surface area (Å²) in [5.41, 5.74) is 14.5. The quantitative estimate of drug-likeness (QED) is 0.162. The first-order chi connectivity index (χ1) is 26.5. The Bertz CT molecular complexity index is 2740. The molecule has 1 heterocycles. The van der Waals surface area contributed by atoms with Crippen molar-refractivity contribution in [2.75, 3.05) is 9.80 Å². The molecule has 0 aliphatic heterocycles. The lowest BCUT2D eigenvalue weighted by molar-refractivity contribution is 0.660. The van der Waals surface area contributed by atoms with Crippen LogP contribution in [0.1, 0.15) is 25.0 Å². The van der Waals surface area contributed by atoms with E-state index in [1.165, 1.54) is 53.6 Å². The Hall–Kier alpha value is -6.42.